The first-order valence-electron chi connectivity index (χ1n) is 11.1. The number of rotatable bonds is 5. The molecule has 1 aliphatic heterocycles. The highest BCUT2D eigenvalue weighted by Crippen LogP contribution is 2.33. The molecule has 5 rings (SSSR count). The molecule has 172 valence electrons. The largest absolute Gasteiger partial charge is 0.436 e. The van der Waals surface area contributed by atoms with Gasteiger partial charge in [0.2, 0.25) is 5.89 Å². The normalized spacial score (nSPS) is 14.3. The Balaban J connectivity index is 1.37. The van der Waals surface area contributed by atoms with Gasteiger partial charge in [-0.25, -0.2) is 4.98 Å². The summed E-state index contributed by atoms with van der Waals surface area (Å²) in [5.41, 5.74) is 3.14. The highest BCUT2D eigenvalue weighted by molar-refractivity contribution is 6.05. The van der Waals surface area contributed by atoms with Crippen LogP contribution in [0.15, 0.2) is 65.3 Å². The third kappa shape index (κ3) is 4.32. The fourth-order valence-corrected chi connectivity index (χ4v) is 4.15. The van der Waals surface area contributed by atoms with Crippen LogP contribution in [-0.2, 0) is 0 Å². The van der Waals surface area contributed by atoms with Gasteiger partial charge >= 0.3 is 0 Å². The van der Waals surface area contributed by atoms with Crippen molar-refractivity contribution < 1.29 is 14.1 Å². The van der Waals surface area contributed by atoms with E-state index < -0.39 is 10.8 Å². The minimum atomic E-state index is -0.433. The molecule has 2 aromatic carbocycles. The Bertz CT molecular complexity index is 1360. The van der Waals surface area contributed by atoms with Crippen molar-refractivity contribution in [1.29, 1.82) is 0 Å². The Morgan fingerprint density at radius 1 is 1.18 bits per heavy atom. The van der Waals surface area contributed by atoms with Gasteiger partial charge in [0.15, 0.2) is 5.58 Å². The number of carbonyl (C=O) groups excluding carboxylic acids is 1. The highest BCUT2D eigenvalue weighted by atomic mass is 16.6. The monoisotopic (exact) mass is 457 g/mol. The Morgan fingerprint density at radius 3 is 2.74 bits per heavy atom. The zero-order valence-electron chi connectivity index (χ0n) is 18.6. The molecule has 4 aromatic rings. The third-order valence-electron chi connectivity index (χ3n) is 6.11. The number of hydrogen-bond acceptors (Lipinski definition) is 7. The molecule has 1 amide bonds. The first-order valence-corrected chi connectivity index (χ1v) is 11.1. The Labute approximate surface area is 195 Å². The SMILES string of the molecule is CC1CCN(c2ccc(C(=O)Nc3ccc4oc(-c5cccnc5)nc4c3)cc2[N+](=O)[O-])CC1. The van der Waals surface area contributed by atoms with E-state index in [1.165, 1.54) is 6.07 Å². The van der Waals surface area contributed by atoms with Crippen LogP contribution in [0.2, 0.25) is 0 Å². The van der Waals surface area contributed by atoms with Crippen molar-refractivity contribution in [2.45, 2.75) is 19.8 Å². The molecule has 0 atom stereocenters. The quantitative estimate of drug-likeness (QED) is 0.320. The van der Waals surface area contributed by atoms with Crippen LogP contribution in [-0.4, -0.2) is 33.9 Å². The maximum Gasteiger partial charge on any atom is 0.293 e. The first-order chi connectivity index (χ1) is 16.5. The number of amides is 1. The number of nitro groups is 1. The van der Waals surface area contributed by atoms with E-state index in [2.05, 4.69) is 22.2 Å². The van der Waals surface area contributed by atoms with E-state index in [1.807, 2.05) is 11.0 Å². The minimum absolute atomic E-state index is 0.0599. The number of carbonyl (C=O) groups is 1. The standard InChI is InChI=1S/C25H23N5O4/c1-16-8-11-29(12-9-16)21-6-4-17(13-22(21)30(32)33)24(31)27-19-5-7-23-20(14-19)28-25(34-23)18-3-2-10-26-15-18/h2-7,10,13-16H,8-9,11-12H2,1H3,(H,27,31). The summed E-state index contributed by atoms with van der Waals surface area (Å²) in [6.07, 6.45) is 5.32. The molecule has 0 unspecified atom stereocenters. The van der Waals surface area contributed by atoms with Gasteiger partial charge in [-0.2, -0.15) is 0 Å². The van der Waals surface area contributed by atoms with Gasteiger partial charge in [-0.15, -0.1) is 0 Å². The fraction of sp³-hybridized carbons (Fsp3) is 0.240. The summed E-state index contributed by atoms with van der Waals surface area (Å²) >= 11 is 0. The van der Waals surface area contributed by atoms with Gasteiger partial charge in [-0.3, -0.25) is 19.9 Å². The van der Waals surface area contributed by atoms with Crippen molar-refractivity contribution >= 4 is 34.1 Å². The number of aromatic nitrogens is 2. The molecular formula is C25H23N5O4. The summed E-state index contributed by atoms with van der Waals surface area (Å²) in [5, 5.41) is 14.6. The predicted molar refractivity (Wildman–Crippen MR) is 129 cm³/mol. The molecule has 1 N–H and O–H groups in total. The molecule has 0 aliphatic carbocycles. The molecule has 0 radical (unpaired) electrons. The van der Waals surface area contributed by atoms with Crippen LogP contribution in [0.25, 0.3) is 22.6 Å². The number of anilines is 2. The van der Waals surface area contributed by atoms with Gasteiger partial charge in [0, 0.05) is 42.8 Å². The van der Waals surface area contributed by atoms with Crippen molar-refractivity contribution in [3.8, 4) is 11.5 Å². The van der Waals surface area contributed by atoms with Crippen molar-refractivity contribution in [3.05, 3.63) is 76.6 Å². The summed E-state index contributed by atoms with van der Waals surface area (Å²) in [5.74, 6) is 0.616. The van der Waals surface area contributed by atoms with E-state index in [0.717, 1.165) is 31.5 Å². The lowest BCUT2D eigenvalue weighted by Crippen LogP contribution is -2.33. The Morgan fingerprint density at radius 2 is 2.00 bits per heavy atom. The van der Waals surface area contributed by atoms with Crippen molar-refractivity contribution in [1.82, 2.24) is 9.97 Å². The van der Waals surface area contributed by atoms with Gasteiger partial charge < -0.3 is 14.6 Å². The maximum atomic E-state index is 12.9. The van der Waals surface area contributed by atoms with E-state index in [4.69, 9.17) is 4.42 Å². The molecule has 0 bridgehead atoms. The number of benzene rings is 2. The minimum Gasteiger partial charge on any atom is -0.436 e. The van der Waals surface area contributed by atoms with Gasteiger partial charge in [0.25, 0.3) is 11.6 Å². The summed E-state index contributed by atoms with van der Waals surface area (Å²) in [6.45, 7) is 3.73. The Kier molecular flexibility index (Phi) is 5.67. The van der Waals surface area contributed by atoms with Crippen molar-refractivity contribution in [2.75, 3.05) is 23.3 Å². The van der Waals surface area contributed by atoms with Crippen LogP contribution in [0.5, 0.6) is 0 Å². The summed E-state index contributed by atoms with van der Waals surface area (Å²) < 4.78 is 5.77. The van der Waals surface area contributed by atoms with E-state index in [0.29, 0.717) is 34.3 Å². The number of nitrogens with zero attached hydrogens (tertiary/aromatic N) is 4. The Hall–Kier alpha value is -4.27. The molecule has 1 aliphatic rings. The second-order valence-electron chi connectivity index (χ2n) is 8.53. The molecule has 9 heteroatoms. The number of fused-ring (bicyclic) bond motifs is 1. The number of hydrogen-bond donors (Lipinski definition) is 1. The van der Waals surface area contributed by atoms with Crippen LogP contribution in [0.4, 0.5) is 17.1 Å². The van der Waals surface area contributed by atoms with Crippen LogP contribution in [0, 0.1) is 16.0 Å². The van der Waals surface area contributed by atoms with E-state index in [-0.39, 0.29) is 11.3 Å². The smallest absolute Gasteiger partial charge is 0.293 e. The first kappa shape index (κ1) is 21.6. The van der Waals surface area contributed by atoms with Crippen LogP contribution in [0.3, 0.4) is 0 Å². The van der Waals surface area contributed by atoms with Crippen LogP contribution < -0.4 is 10.2 Å². The average molecular weight is 457 g/mol. The van der Waals surface area contributed by atoms with Gasteiger partial charge in [0.1, 0.15) is 11.2 Å². The number of pyridine rings is 1. The topological polar surface area (TPSA) is 114 Å². The second kappa shape index (κ2) is 8.93. The van der Waals surface area contributed by atoms with E-state index >= 15 is 0 Å². The van der Waals surface area contributed by atoms with Gasteiger partial charge in [-0.05, 0) is 61.2 Å². The van der Waals surface area contributed by atoms with Crippen LogP contribution in [0.1, 0.15) is 30.1 Å². The predicted octanol–water partition coefficient (Wildman–Crippen LogP) is 5.29. The van der Waals surface area contributed by atoms with Crippen molar-refractivity contribution in [2.24, 2.45) is 5.92 Å². The maximum absolute atomic E-state index is 12.9. The molecule has 34 heavy (non-hydrogen) atoms. The zero-order chi connectivity index (χ0) is 23.7. The lowest BCUT2D eigenvalue weighted by molar-refractivity contribution is -0.384. The lowest BCUT2D eigenvalue weighted by atomic mass is 9.98. The van der Waals surface area contributed by atoms with E-state index in [1.54, 1.807) is 48.8 Å². The van der Waals surface area contributed by atoms with Crippen LogP contribution >= 0.6 is 0 Å². The van der Waals surface area contributed by atoms with Gasteiger partial charge in [-0.1, -0.05) is 6.92 Å². The second-order valence-corrected chi connectivity index (χ2v) is 8.53. The number of oxazole rings is 1. The third-order valence-corrected chi connectivity index (χ3v) is 6.11. The summed E-state index contributed by atoms with van der Waals surface area (Å²) in [6, 6.07) is 13.4. The molecule has 1 saturated heterocycles. The summed E-state index contributed by atoms with van der Waals surface area (Å²) in [7, 11) is 0. The lowest BCUT2D eigenvalue weighted by Gasteiger charge is -2.31. The molecule has 0 spiro atoms. The average Bonchev–Trinajstić information content (AvgIpc) is 3.28. The number of nitro benzene ring substituents is 1. The fourth-order valence-electron chi connectivity index (χ4n) is 4.15. The van der Waals surface area contributed by atoms with Crippen molar-refractivity contribution in [3.63, 3.8) is 0 Å². The molecular weight excluding hydrogens is 434 g/mol. The highest BCUT2D eigenvalue weighted by Gasteiger charge is 2.25. The van der Waals surface area contributed by atoms with E-state index in [9.17, 15) is 14.9 Å². The summed E-state index contributed by atoms with van der Waals surface area (Å²) in [4.78, 5) is 34.8. The number of piperidine rings is 1. The molecule has 9 nitrogen and oxygen atoms in total. The molecule has 2 aromatic heterocycles. The molecule has 1 fully saturated rings. The van der Waals surface area contributed by atoms with Gasteiger partial charge in [0.05, 0.1) is 10.5 Å². The number of nitrogens with one attached hydrogen (secondary N) is 1. The molecule has 3 heterocycles. The zero-order valence-corrected chi connectivity index (χ0v) is 18.6. The molecule has 0 saturated carbocycles.